The van der Waals surface area contributed by atoms with E-state index in [0.717, 1.165) is 16.7 Å². The molecule has 1 unspecified atom stereocenters. The number of hydrogen-bond acceptors (Lipinski definition) is 3. The van der Waals surface area contributed by atoms with Crippen LogP contribution in [-0.4, -0.2) is 35.4 Å². The van der Waals surface area contributed by atoms with Crippen LogP contribution in [0.4, 0.5) is 4.39 Å². The summed E-state index contributed by atoms with van der Waals surface area (Å²) in [7, 11) is 1.59. The van der Waals surface area contributed by atoms with Crippen molar-refractivity contribution in [2.75, 3.05) is 7.11 Å². The van der Waals surface area contributed by atoms with Gasteiger partial charge < -0.3 is 15.0 Å². The Bertz CT molecular complexity index is 1110. The predicted octanol–water partition coefficient (Wildman–Crippen LogP) is 4.93. The van der Waals surface area contributed by atoms with E-state index in [1.807, 2.05) is 63.2 Å². The highest BCUT2D eigenvalue weighted by molar-refractivity contribution is 5.89. The molecule has 1 atom stereocenters. The Hall–Kier alpha value is -3.67. The van der Waals surface area contributed by atoms with E-state index in [2.05, 4.69) is 5.32 Å². The molecule has 184 valence electrons. The Labute approximate surface area is 206 Å². The lowest BCUT2D eigenvalue weighted by Gasteiger charge is -2.34. The van der Waals surface area contributed by atoms with Gasteiger partial charge in [0.15, 0.2) is 0 Å². The summed E-state index contributed by atoms with van der Waals surface area (Å²) in [5.74, 6) is -0.0666. The summed E-state index contributed by atoms with van der Waals surface area (Å²) in [4.78, 5) is 28.8. The maximum absolute atomic E-state index is 13.7. The molecule has 0 aliphatic rings. The van der Waals surface area contributed by atoms with Crippen LogP contribution in [0, 0.1) is 5.82 Å². The largest absolute Gasteiger partial charge is 0.497 e. The SMILES string of the molecule is COc1ccc(CC(=O)N(Cc2ccc(F)cc2)C(Cc2ccccc2)C(=O)NC(C)(C)C)cc1. The number of halogens is 1. The first-order chi connectivity index (χ1) is 16.6. The lowest BCUT2D eigenvalue weighted by atomic mass is 10.00. The summed E-state index contributed by atoms with van der Waals surface area (Å²) >= 11 is 0. The third-order valence-electron chi connectivity index (χ3n) is 5.55. The summed E-state index contributed by atoms with van der Waals surface area (Å²) in [6, 6.07) is 22.2. The number of carbonyl (C=O) groups excluding carboxylic acids is 2. The second kappa shape index (κ2) is 11.6. The molecule has 1 N–H and O–H groups in total. The number of rotatable bonds is 9. The molecule has 0 aromatic heterocycles. The molecule has 2 amide bonds. The Morgan fingerprint density at radius 1 is 0.886 bits per heavy atom. The number of carbonyl (C=O) groups is 2. The van der Waals surface area contributed by atoms with Gasteiger partial charge in [-0.2, -0.15) is 0 Å². The molecule has 6 heteroatoms. The minimum atomic E-state index is -0.743. The summed E-state index contributed by atoms with van der Waals surface area (Å²) in [5.41, 5.74) is 2.04. The molecule has 3 aromatic carbocycles. The number of nitrogens with zero attached hydrogens (tertiary/aromatic N) is 1. The summed E-state index contributed by atoms with van der Waals surface area (Å²) in [6.45, 7) is 5.92. The van der Waals surface area contributed by atoms with Gasteiger partial charge in [0.25, 0.3) is 0 Å². The van der Waals surface area contributed by atoms with Crippen molar-refractivity contribution in [3.63, 3.8) is 0 Å². The first-order valence-electron chi connectivity index (χ1n) is 11.7. The zero-order chi connectivity index (χ0) is 25.4. The van der Waals surface area contributed by atoms with Crippen molar-refractivity contribution >= 4 is 11.8 Å². The molecule has 0 bridgehead atoms. The van der Waals surface area contributed by atoms with E-state index < -0.39 is 11.6 Å². The van der Waals surface area contributed by atoms with Crippen LogP contribution in [0.25, 0.3) is 0 Å². The normalized spacial score (nSPS) is 12.0. The van der Waals surface area contributed by atoms with Crippen molar-refractivity contribution in [2.45, 2.75) is 51.7 Å². The number of benzene rings is 3. The molecule has 0 heterocycles. The predicted molar refractivity (Wildman–Crippen MR) is 135 cm³/mol. The van der Waals surface area contributed by atoms with Gasteiger partial charge in [-0.1, -0.05) is 54.6 Å². The third kappa shape index (κ3) is 7.95. The summed E-state index contributed by atoms with van der Waals surface area (Å²) < 4.78 is 18.8. The van der Waals surface area contributed by atoms with Crippen molar-refractivity contribution in [3.05, 3.63) is 101 Å². The molecule has 0 fully saturated rings. The van der Waals surface area contributed by atoms with Gasteiger partial charge >= 0.3 is 0 Å². The third-order valence-corrected chi connectivity index (χ3v) is 5.55. The van der Waals surface area contributed by atoms with Gasteiger partial charge in [-0.3, -0.25) is 9.59 Å². The van der Waals surface area contributed by atoms with E-state index in [9.17, 15) is 14.0 Å². The Balaban J connectivity index is 1.96. The zero-order valence-electron chi connectivity index (χ0n) is 20.8. The molecule has 3 rings (SSSR count). The van der Waals surface area contributed by atoms with Crippen LogP contribution in [0.5, 0.6) is 5.75 Å². The van der Waals surface area contributed by atoms with Crippen molar-refractivity contribution in [2.24, 2.45) is 0 Å². The van der Waals surface area contributed by atoms with Crippen LogP contribution in [0.15, 0.2) is 78.9 Å². The highest BCUT2D eigenvalue weighted by atomic mass is 19.1. The average molecular weight is 477 g/mol. The highest BCUT2D eigenvalue weighted by Gasteiger charge is 2.32. The Kier molecular flexibility index (Phi) is 8.63. The summed E-state index contributed by atoms with van der Waals surface area (Å²) in [5, 5.41) is 3.04. The minimum absolute atomic E-state index is 0.124. The fraction of sp³-hybridized carbons (Fsp3) is 0.310. The van der Waals surface area contributed by atoms with Gasteiger partial charge in [0, 0.05) is 18.5 Å². The molecule has 0 aliphatic carbocycles. The van der Waals surface area contributed by atoms with Crippen molar-refractivity contribution in [1.82, 2.24) is 10.2 Å². The van der Waals surface area contributed by atoms with Gasteiger partial charge in [0.05, 0.1) is 13.5 Å². The van der Waals surface area contributed by atoms with Crippen molar-refractivity contribution in [3.8, 4) is 5.75 Å². The number of ether oxygens (including phenoxy) is 1. The van der Waals surface area contributed by atoms with Gasteiger partial charge in [-0.05, 0) is 61.7 Å². The van der Waals surface area contributed by atoms with Gasteiger partial charge in [-0.25, -0.2) is 4.39 Å². The topological polar surface area (TPSA) is 58.6 Å². The monoisotopic (exact) mass is 476 g/mol. The fourth-order valence-electron chi connectivity index (χ4n) is 3.81. The lowest BCUT2D eigenvalue weighted by molar-refractivity contribution is -0.141. The zero-order valence-corrected chi connectivity index (χ0v) is 20.8. The van der Waals surface area contributed by atoms with E-state index in [1.165, 1.54) is 12.1 Å². The first kappa shape index (κ1) is 25.9. The van der Waals surface area contributed by atoms with Crippen molar-refractivity contribution in [1.29, 1.82) is 0 Å². The van der Waals surface area contributed by atoms with Gasteiger partial charge in [-0.15, -0.1) is 0 Å². The van der Waals surface area contributed by atoms with E-state index in [4.69, 9.17) is 4.74 Å². The van der Waals surface area contributed by atoms with E-state index in [1.54, 1.807) is 36.3 Å². The fourth-order valence-corrected chi connectivity index (χ4v) is 3.81. The van der Waals surface area contributed by atoms with Crippen LogP contribution in [0.1, 0.15) is 37.5 Å². The van der Waals surface area contributed by atoms with Crippen LogP contribution >= 0.6 is 0 Å². The van der Waals surface area contributed by atoms with Crippen molar-refractivity contribution < 1.29 is 18.7 Å². The van der Waals surface area contributed by atoms with Crippen LogP contribution in [0.2, 0.25) is 0 Å². The second-order valence-electron chi connectivity index (χ2n) is 9.62. The number of nitrogens with one attached hydrogen (secondary N) is 1. The average Bonchev–Trinajstić information content (AvgIpc) is 2.82. The molecular weight excluding hydrogens is 443 g/mol. The standard InChI is InChI=1S/C29H33FN2O3/c1-29(2,3)31-28(34)26(18-21-8-6-5-7-9-21)32(20-23-10-14-24(30)15-11-23)27(33)19-22-12-16-25(35-4)17-13-22/h5-17,26H,18-20H2,1-4H3,(H,31,34). The maximum Gasteiger partial charge on any atom is 0.243 e. The van der Waals surface area contributed by atoms with E-state index in [-0.39, 0.29) is 30.6 Å². The Morgan fingerprint density at radius 3 is 2.06 bits per heavy atom. The van der Waals surface area contributed by atoms with Gasteiger partial charge in [0.1, 0.15) is 17.6 Å². The minimum Gasteiger partial charge on any atom is -0.497 e. The van der Waals surface area contributed by atoms with Crippen LogP contribution in [-0.2, 0) is 29.0 Å². The quantitative estimate of drug-likeness (QED) is 0.476. The molecular formula is C29H33FN2O3. The smallest absolute Gasteiger partial charge is 0.243 e. The first-order valence-corrected chi connectivity index (χ1v) is 11.7. The molecule has 0 saturated heterocycles. The number of amides is 2. The molecule has 0 spiro atoms. The molecule has 3 aromatic rings. The van der Waals surface area contributed by atoms with E-state index in [0.29, 0.717) is 12.2 Å². The van der Waals surface area contributed by atoms with Gasteiger partial charge in [0.2, 0.25) is 11.8 Å². The molecule has 5 nitrogen and oxygen atoms in total. The molecule has 0 aliphatic heterocycles. The molecule has 0 saturated carbocycles. The molecule has 35 heavy (non-hydrogen) atoms. The number of methoxy groups -OCH3 is 1. The van der Waals surface area contributed by atoms with Crippen LogP contribution in [0.3, 0.4) is 0 Å². The Morgan fingerprint density at radius 2 is 1.49 bits per heavy atom. The summed E-state index contributed by atoms with van der Waals surface area (Å²) in [6.07, 6.45) is 0.484. The van der Waals surface area contributed by atoms with Crippen LogP contribution < -0.4 is 10.1 Å². The number of hydrogen-bond donors (Lipinski definition) is 1. The molecule has 0 radical (unpaired) electrons. The maximum atomic E-state index is 13.7. The lowest BCUT2D eigenvalue weighted by Crippen LogP contribution is -2.54. The second-order valence-corrected chi connectivity index (χ2v) is 9.62. The highest BCUT2D eigenvalue weighted by Crippen LogP contribution is 2.19. The van der Waals surface area contributed by atoms with E-state index >= 15 is 0 Å².